The molecule has 138 valence electrons. The van der Waals surface area contributed by atoms with Gasteiger partial charge in [0, 0.05) is 32.9 Å². The Balaban J connectivity index is 1.97. The number of anilines is 1. The Morgan fingerprint density at radius 2 is 1.88 bits per heavy atom. The normalized spacial score (nSPS) is 18.2. The highest BCUT2D eigenvalue weighted by atomic mass is 16.2. The smallest absolute Gasteiger partial charge is 0.245 e. The largest absolute Gasteiger partial charge is 0.374 e. The highest BCUT2D eigenvalue weighted by Crippen LogP contribution is 2.22. The average Bonchev–Trinajstić information content (AvgIpc) is 2.51. The van der Waals surface area contributed by atoms with Crippen LogP contribution >= 0.6 is 0 Å². The Bertz CT molecular complexity index is 602. The summed E-state index contributed by atoms with van der Waals surface area (Å²) < 4.78 is 0. The van der Waals surface area contributed by atoms with E-state index >= 15 is 0 Å². The molecule has 1 saturated heterocycles. The Morgan fingerprint density at radius 1 is 1.24 bits per heavy atom. The highest BCUT2D eigenvalue weighted by Gasteiger charge is 2.30. The molecule has 0 spiro atoms. The van der Waals surface area contributed by atoms with Gasteiger partial charge in [0.2, 0.25) is 11.8 Å². The third-order valence-electron chi connectivity index (χ3n) is 4.34. The summed E-state index contributed by atoms with van der Waals surface area (Å²) in [7, 11) is 3.52. The number of rotatable bonds is 5. The predicted octanol–water partition coefficient (Wildman–Crippen LogP) is 2.77. The van der Waals surface area contributed by atoms with Gasteiger partial charge in [-0.3, -0.25) is 9.59 Å². The molecule has 0 saturated carbocycles. The molecule has 0 bridgehead atoms. The lowest BCUT2D eigenvalue weighted by atomic mass is 9.94. The van der Waals surface area contributed by atoms with Crippen molar-refractivity contribution in [3.8, 4) is 0 Å². The van der Waals surface area contributed by atoms with Crippen LogP contribution in [-0.2, 0) is 16.0 Å². The second-order valence-electron chi connectivity index (χ2n) is 8.32. The molecule has 0 aliphatic carbocycles. The number of carbonyl (C=O) groups is 2. The van der Waals surface area contributed by atoms with Gasteiger partial charge in [-0.25, -0.2) is 0 Å². The molecular weight excluding hydrogens is 314 g/mol. The lowest BCUT2D eigenvalue weighted by Gasteiger charge is -2.37. The van der Waals surface area contributed by atoms with E-state index in [9.17, 15) is 9.59 Å². The van der Waals surface area contributed by atoms with Crippen LogP contribution in [0.3, 0.4) is 0 Å². The Hall–Kier alpha value is -2.04. The third kappa shape index (κ3) is 5.76. The van der Waals surface area contributed by atoms with Crippen molar-refractivity contribution in [3.63, 3.8) is 0 Å². The number of hydrogen-bond donors (Lipinski definition) is 1. The first-order valence-corrected chi connectivity index (χ1v) is 9.00. The van der Waals surface area contributed by atoms with Crippen LogP contribution in [0.25, 0.3) is 0 Å². The molecule has 1 aromatic rings. The van der Waals surface area contributed by atoms with Crippen molar-refractivity contribution in [2.24, 2.45) is 5.41 Å². The van der Waals surface area contributed by atoms with Crippen LogP contribution in [0.2, 0.25) is 0 Å². The van der Waals surface area contributed by atoms with Gasteiger partial charge >= 0.3 is 0 Å². The van der Waals surface area contributed by atoms with E-state index < -0.39 is 0 Å². The monoisotopic (exact) mass is 345 g/mol. The summed E-state index contributed by atoms with van der Waals surface area (Å²) >= 11 is 0. The first-order valence-electron chi connectivity index (χ1n) is 9.00. The van der Waals surface area contributed by atoms with Crippen LogP contribution < -0.4 is 5.32 Å². The molecule has 5 heteroatoms. The fourth-order valence-electron chi connectivity index (χ4n) is 3.06. The molecular formula is C20H31N3O2. The number of nitrogens with one attached hydrogen (secondary N) is 1. The van der Waals surface area contributed by atoms with Crippen molar-refractivity contribution in [1.82, 2.24) is 9.80 Å². The van der Waals surface area contributed by atoms with Gasteiger partial charge < -0.3 is 15.1 Å². The molecule has 1 atom stereocenters. The number of benzene rings is 1. The van der Waals surface area contributed by atoms with Crippen LogP contribution in [-0.4, -0.2) is 54.8 Å². The minimum atomic E-state index is -0.162. The van der Waals surface area contributed by atoms with Crippen LogP contribution in [0, 0.1) is 5.41 Å². The number of likely N-dealkylation sites (N-methyl/N-ethyl adjacent to an activating group) is 1. The van der Waals surface area contributed by atoms with Crippen LogP contribution in [0.5, 0.6) is 0 Å². The fraction of sp³-hybridized carbons (Fsp3) is 0.600. The first-order chi connectivity index (χ1) is 11.7. The van der Waals surface area contributed by atoms with Crippen molar-refractivity contribution in [2.75, 3.05) is 32.5 Å². The maximum atomic E-state index is 12.7. The van der Waals surface area contributed by atoms with Crippen LogP contribution in [0.4, 0.5) is 5.69 Å². The molecule has 2 amide bonds. The summed E-state index contributed by atoms with van der Waals surface area (Å²) in [6.07, 6.45) is 2.28. The number of likely N-dealkylation sites (tertiary alicyclic amines) is 1. The summed E-state index contributed by atoms with van der Waals surface area (Å²) in [5.74, 6) is 0.272. The van der Waals surface area contributed by atoms with Gasteiger partial charge in [0.1, 0.15) is 6.04 Å². The summed E-state index contributed by atoms with van der Waals surface area (Å²) in [6, 6.07) is 7.64. The number of carbonyl (C=O) groups excluding carboxylic acids is 2. The van der Waals surface area contributed by atoms with E-state index in [1.165, 1.54) is 0 Å². The van der Waals surface area contributed by atoms with Crippen molar-refractivity contribution in [2.45, 2.75) is 46.1 Å². The summed E-state index contributed by atoms with van der Waals surface area (Å²) in [5, 5.41) is 3.36. The van der Waals surface area contributed by atoms with Gasteiger partial charge in [-0.2, -0.15) is 0 Å². The highest BCUT2D eigenvalue weighted by molar-refractivity contribution is 5.85. The first kappa shape index (κ1) is 19.3. The van der Waals surface area contributed by atoms with E-state index in [-0.39, 0.29) is 23.3 Å². The molecule has 1 heterocycles. The standard InChI is InChI=1S/C20H31N3O2/c1-20(2,3)14-23-12-6-7-17(19(23)25)21-16-10-8-15(9-11-16)13-18(24)22(4)5/h8-11,17,21H,6-7,12-14H2,1-5H3. The van der Waals surface area contributed by atoms with E-state index in [4.69, 9.17) is 0 Å². The molecule has 1 unspecified atom stereocenters. The van der Waals surface area contributed by atoms with E-state index in [0.717, 1.165) is 37.2 Å². The van der Waals surface area contributed by atoms with Gasteiger partial charge in [-0.1, -0.05) is 32.9 Å². The van der Waals surface area contributed by atoms with Gasteiger partial charge in [0.25, 0.3) is 0 Å². The third-order valence-corrected chi connectivity index (χ3v) is 4.34. The van der Waals surface area contributed by atoms with E-state index in [1.807, 2.05) is 29.2 Å². The van der Waals surface area contributed by atoms with Crippen LogP contribution in [0.1, 0.15) is 39.2 Å². The number of hydrogen-bond acceptors (Lipinski definition) is 3. The SMILES string of the molecule is CN(C)C(=O)Cc1ccc(NC2CCCN(CC(C)(C)C)C2=O)cc1. The lowest BCUT2D eigenvalue weighted by Crippen LogP contribution is -2.50. The number of amides is 2. The second-order valence-corrected chi connectivity index (χ2v) is 8.32. The van der Waals surface area contributed by atoms with E-state index in [0.29, 0.717) is 6.42 Å². The van der Waals surface area contributed by atoms with Crippen LogP contribution in [0.15, 0.2) is 24.3 Å². The van der Waals surface area contributed by atoms with Gasteiger partial charge in [-0.15, -0.1) is 0 Å². The molecule has 0 aromatic heterocycles. The summed E-state index contributed by atoms with van der Waals surface area (Å²) in [5.41, 5.74) is 2.02. The molecule has 5 nitrogen and oxygen atoms in total. The van der Waals surface area contributed by atoms with E-state index in [1.54, 1.807) is 19.0 Å². The Kier molecular flexibility index (Phi) is 6.09. The summed E-state index contributed by atoms with van der Waals surface area (Å²) in [4.78, 5) is 28.0. The fourth-order valence-corrected chi connectivity index (χ4v) is 3.06. The predicted molar refractivity (Wildman–Crippen MR) is 102 cm³/mol. The zero-order valence-corrected chi connectivity index (χ0v) is 16.1. The average molecular weight is 345 g/mol. The van der Waals surface area contributed by atoms with Crippen molar-refractivity contribution >= 4 is 17.5 Å². The number of nitrogens with zero attached hydrogens (tertiary/aromatic N) is 2. The maximum Gasteiger partial charge on any atom is 0.245 e. The second kappa shape index (κ2) is 7.89. The molecule has 25 heavy (non-hydrogen) atoms. The molecule has 1 aliphatic rings. The van der Waals surface area contributed by atoms with Gasteiger partial charge in [0.15, 0.2) is 0 Å². The van der Waals surface area contributed by atoms with Gasteiger partial charge in [-0.05, 0) is 36.0 Å². The van der Waals surface area contributed by atoms with Crippen molar-refractivity contribution in [1.29, 1.82) is 0 Å². The number of piperidine rings is 1. The van der Waals surface area contributed by atoms with Gasteiger partial charge in [0.05, 0.1) is 6.42 Å². The lowest BCUT2D eigenvalue weighted by molar-refractivity contribution is -0.135. The minimum Gasteiger partial charge on any atom is -0.374 e. The Morgan fingerprint density at radius 3 is 2.44 bits per heavy atom. The molecule has 0 radical (unpaired) electrons. The molecule has 1 N–H and O–H groups in total. The van der Waals surface area contributed by atoms with E-state index in [2.05, 4.69) is 26.1 Å². The molecule has 1 fully saturated rings. The van der Waals surface area contributed by atoms with Crippen molar-refractivity contribution < 1.29 is 9.59 Å². The Labute approximate surface area is 151 Å². The van der Waals surface area contributed by atoms with Crippen molar-refractivity contribution in [3.05, 3.63) is 29.8 Å². The molecule has 1 aliphatic heterocycles. The minimum absolute atomic E-state index is 0.0842. The molecule has 2 rings (SSSR count). The quantitative estimate of drug-likeness (QED) is 0.893. The summed E-state index contributed by atoms with van der Waals surface area (Å²) in [6.45, 7) is 8.11. The zero-order valence-electron chi connectivity index (χ0n) is 16.1. The molecule has 1 aromatic carbocycles. The maximum absolute atomic E-state index is 12.7. The topological polar surface area (TPSA) is 52.7 Å². The zero-order chi connectivity index (χ0) is 18.6.